The number of aromatic nitrogens is 1. The van der Waals surface area contributed by atoms with Gasteiger partial charge in [0.15, 0.2) is 6.20 Å². The van der Waals surface area contributed by atoms with Crippen molar-refractivity contribution in [3.8, 4) is 22.4 Å². The van der Waals surface area contributed by atoms with Crippen molar-refractivity contribution in [2.24, 2.45) is 7.05 Å². The zero-order valence-corrected chi connectivity index (χ0v) is 20.1. The lowest BCUT2D eigenvalue weighted by Gasteiger charge is -2.21. The standard InChI is InChI=1S/C32H32NO/c1-18(2)25-16-27(33(7)17-20(25)4)28-19(3)12-13-23-24-15-14-22-21-10-8-9-11-26(21)32(5,6)29(22)31(24)34-30(23)28/h8-18H,1-7H3/q+1/i4D3,5D3,18D. The summed E-state index contributed by atoms with van der Waals surface area (Å²) in [6.45, 7) is 2.42. The van der Waals surface area contributed by atoms with Crippen LogP contribution in [0.4, 0.5) is 0 Å². The highest BCUT2D eigenvalue weighted by Crippen LogP contribution is 2.53. The molecule has 1 aliphatic carbocycles. The minimum atomic E-state index is -2.38. The quantitative estimate of drug-likeness (QED) is 0.247. The van der Waals surface area contributed by atoms with E-state index in [0.717, 1.165) is 38.6 Å². The molecule has 1 atom stereocenters. The molecular formula is C32H32NO+. The molecule has 2 nitrogen and oxygen atoms in total. The van der Waals surface area contributed by atoms with E-state index in [-0.39, 0.29) is 5.56 Å². The number of nitrogens with zero attached hydrogens (tertiary/aromatic N) is 1. The molecule has 0 N–H and O–H groups in total. The molecule has 2 heteroatoms. The van der Waals surface area contributed by atoms with Crippen molar-refractivity contribution in [3.05, 3.63) is 88.6 Å². The van der Waals surface area contributed by atoms with E-state index < -0.39 is 25.0 Å². The molecule has 5 aromatic rings. The molecule has 1 unspecified atom stereocenters. The third kappa shape index (κ3) is 2.72. The highest BCUT2D eigenvalue weighted by molar-refractivity contribution is 6.12. The maximum atomic E-state index is 8.74. The first kappa shape index (κ1) is 14.8. The summed E-state index contributed by atoms with van der Waals surface area (Å²) in [6, 6.07) is 17.4. The number of hydrogen-bond acceptors (Lipinski definition) is 1. The Morgan fingerprint density at radius 2 is 1.74 bits per heavy atom. The Labute approximate surface area is 211 Å². The van der Waals surface area contributed by atoms with Gasteiger partial charge in [-0.05, 0) is 53.6 Å². The topological polar surface area (TPSA) is 17.0 Å². The van der Waals surface area contributed by atoms with Gasteiger partial charge in [-0.25, -0.2) is 4.57 Å². The van der Waals surface area contributed by atoms with Gasteiger partial charge in [-0.15, -0.1) is 0 Å². The molecule has 0 aliphatic heterocycles. The molecule has 170 valence electrons. The average molecular weight is 454 g/mol. The van der Waals surface area contributed by atoms with E-state index in [4.69, 9.17) is 14.0 Å². The molecule has 2 aromatic heterocycles. The first-order valence-corrected chi connectivity index (χ1v) is 11.6. The zero-order chi connectivity index (χ0) is 29.9. The van der Waals surface area contributed by atoms with Crippen molar-refractivity contribution in [3.63, 3.8) is 0 Å². The maximum absolute atomic E-state index is 8.74. The van der Waals surface area contributed by atoms with E-state index in [9.17, 15) is 0 Å². The van der Waals surface area contributed by atoms with Crippen LogP contribution in [0.5, 0.6) is 0 Å². The Morgan fingerprint density at radius 1 is 0.971 bits per heavy atom. The number of rotatable bonds is 2. The average Bonchev–Trinajstić information content (AvgIpc) is 3.37. The van der Waals surface area contributed by atoms with E-state index in [1.165, 1.54) is 0 Å². The molecule has 34 heavy (non-hydrogen) atoms. The number of aryl methyl sites for hydroxylation is 3. The number of hydrogen-bond donors (Lipinski definition) is 0. The summed E-state index contributed by atoms with van der Waals surface area (Å²) < 4.78 is 67.4. The van der Waals surface area contributed by atoms with E-state index in [1.54, 1.807) is 44.6 Å². The van der Waals surface area contributed by atoms with Gasteiger partial charge < -0.3 is 4.42 Å². The maximum Gasteiger partial charge on any atom is 0.216 e. The third-order valence-corrected chi connectivity index (χ3v) is 7.34. The van der Waals surface area contributed by atoms with Crippen LogP contribution in [0.15, 0.2) is 65.2 Å². The summed E-state index contributed by atoms with van der Waals surface area (Å²) in [4.78, 5) is 0. The van der Waals surface area contributed by atoms with Gasteiger partial charge in [-0.3, -0.25) is 0 Å². The first-order valence-electron chi connectivity index (χ1n) is 15.1. The molecule has 0 amide bonds. The molecule has 0 radical (unpaired) electrons. The normalized spacial score (nSPS) is 21.1. The van der Waals surface area contributed by atoms with Crippen LogP contribution >= 0.6 is 0 Å². The van der Waals surface area contributed by atoms with Gasteiger partial charge in [-0.1, -0.05) is 70.1 Å². The lowest BCUT2D eigenvalue weighted by atomic mass is 9.82. The predicted octanol–water partition coefficient (Wildman–Crippen LogP) is 8.12. The van der Waals surface area contributed by atoms with Crippen LogP contribution in [-0.4, -0.2) is 0 Å². The van der Waals surface area contributed by atoms with Crippen LogP contribution < -0.4 is 4.57 Å². The van der Waals surface area contributed by atoms with E-state index >= 15 is 0 Å². The summed E-state index contributed by atoms with van der Waals surface area (Å²) >= 11 is 0. The summed E-state index contributed by atoms with van der Waals surface area (Å²) in [6.07, 6.45) is 1.59. The first-order chi connectivity index (χ1) is 19.0. The molecule has 2 heterocycles. The molecule has 1 aliphatic rings. The van der Waals surface area contributed by atoms with E-state index in [2.05, 4.69) is 0 Å². The lowest BCUT2D eigenvalue weighted by molar-refractivity contribution is -0.660. The Hall–Kier alpha value is -3.39. The van der Waals surface area contributed by atoms with Crippen molar-refractivity contribution in [2.45, 2.75) is 52.7 Å². The lowest BCUT2D eigenvalue weighted by Crippen LogP contribution is -2.32. The van der Waals surface area contributed by atoms with Gasteiger partial charge in [0.2, 0.25) is 5.69 Å². The predicted molar refractivity (Wildman–Crippen MR) is 141 cm³/mol. The fourth-order valence-corrected chi connectivity index (χ4v) is 5.64. The van der Waals surface area contributed by atoms with Crippen molar-refractivity contribution < 1.29 is 18.6 Å². The summed E-state index contributed by atoms with van der Waals surface area (Å²) in [5.41, 5.74) is 6.02. The van der Waals surface area contributed by atoms with Crippen molar-refractivity contribution >= 4 is 21.9 Å². The van der Waals surface area contributed by atoms with Crippen molar-refractivity contribution in [1.82, 2.24) is 0 Å². The molecular weight excluding hydrogens is 414 g/mol. The second-order valence-corrected chi connectivity index (χ2v) is 9.87. The summed E-state index contributed by atoms with van der Waals surface area (Å²) in [5, 5.41) is 1.67. The van der Waals surface area contributed by atoms with Crippen LogP contribution in [0.1, 0.15) is 70.9 Å². The molecule has 0 saturated carbocycles. The third-order valence-electron chi connectivity index (χ3n) is 7.34. The van der Waals surface area contributed by atoms with Crippen LogP contribution in [0, 0.1) is 13.8 Å². The number of pyridine rings is 1. The number of benzene rings is 3. The molecule has 0 fully saturated rings. The SMILES string of the molecule is [2H]C([2H])([2H])c1c[n+](C)c(-c2c(C)ccc3c2oc2c4c(ccc23)-c2ccccc2C4(C)C([2H])([2H])[2H])cc1C([2H])(C)C. The Bertz CT molecular complexity index is 1890. The monoisotopic (exact) mass is 453 g/mol. The highest BCUT2D eigenvalue weighted by Gasteiger charge is 2.38. The minimum Gasteiger partial charge on any atom is -0.455 e. The highest BCUT2D eigenvalue weighted by atomic mass is 16.3. The van der Waals surface area contributed by atoms with Crippen LogP contribution in [-0.2, 0) is 12.5 Å². The van der Waals surface area contributed by atoms with Gasteiger partial charge in [0.25, 0.3) is 0 Å². The summed E-state index contributed by atoms with van der Waals surface area (Å²) in [7, 11) is 1.80. The number of furan rings is 1. The summed E-state index contributed by atoms with van der Waals surface area (Å²) in [5.74, 6) is -1.16. The largest absolute Gasteiger partial charge is 0.455 e. The van der Waals surface area contributed by atoms with Gasteiger partial charge in [0, 0.05) is 43.0 Å². The second-order valence-electron chi connectivity index (χ2n) is 9.87. The van der Waals surface area contributed by atoms with Gasteiger partial charge in [0.05, 0.1) is 5.56 Å². The fraction of sp³-hybridized carbons (Fsp3) is 0.281. The molecule has 0 saturated heterocycles. The Morgan fingerprint density at radius 3 is 2.50 bits per heavy atom. The second kappa shape index (κ2) is 7.06. The van der Waals surface area contributed by atoms with Gasteiger partial charge >= 0.3 is 0 Å². The van der Waals surface area contributed by atoms with E-state index in [0.29, 0.717) is 28.0 Å². The van der Waals surface area contributed by atoms with Crippen LogP contribution in [0.25, 0.3) is 44.3 Å². The van der Waals surface area contributed by atoms with Gasteiger partial charge in [-0.2, -0.15) is 0 Å². The van der Waals surface area contributed by atoms with E-state index in [1.807, 2.05) is 55.5 Å². The van der Waals surface area contributed by atoms with Crippen LogP contribution in [0.2, 0.25) is 0 Å². The van der Waals surface area contributed by atoms with Crippen molar-refractivity contribution in [2.75, 3.05) is 0 Å². The van der Waals surface area contributed by atoms with Crippen molar-refractivity contribution in [1.29, 1.82) is 0 Å². The Balaban J connectivity index is 1.72. The number of fused-ring (bicyclic) bond motifs is 7. The smallest absolute Gasteiger partial charge is 0.216 e. The zero-order valence-electron chi connectivity index (χ0n) is 27.1. The van der Waals surface area contributed by atoms with Gasteiger partial charge in [0.1, 0.15) is 18.2 Å². The van der Waals surface area contributed by atoms with Crippen LogP contribution in [0.3, 0.4) is 0 Å². The fourth-order valence-electron chi connectivity index (χ4n) is 5.64. The molecule has 0 spiro atoms. The molecule has 3 aromatic carbocycles. The minimum absolute atomic E-state index is 0.141. The molecule has 6 rings (SSSR count). The Kier molecular flexibility index (Phi) is 3.07. The molecule has 0 bridgehead atoms.